The lowest BCUT2D eigenvalue weighted by molar-refractivity contribution is 0.0790. The molecule has 15 heavy (non-hydrogen) atoms. The van der Waals surface area contributed by atoms with Crippen molar-refractivity contribution in [2.45, 2.75) is 12.5 Å². The summed E-state index contributed by atoms with van der Waals surface area (Å²) >= 11 is 0. The van der Waals surface area contributed by atoms with E-state index in [2.05, 4.69) is 35.8 Å². The van der Waals surface area contributed by atoms with Crippen molar-refractivity contribution in [3.63, 3.8) is 0 Å². The fourth-order valence-electron chi connectivity index (χ4n) is 2.15. The van der Waals surface area contributed by atoms with Crippen LogP contribution < -0.4 is 5.73 Å². The van der Waals surface area contributed by atoms with Gasteiger partial charge in [0.05, 0.1) is 0 Å². The van der Waals surface area contributed by atoms with E-state index >= 15 is 0 Å². The molecule has 1 aliphatic heterocycles. The molecule has 0 aromatic heterocycles. The maximum absolute atomic E-state index is 5.54. The molecule has 0 saturated carbocycles. The minimum absolute atomic E-state index is 0.673. The molecule has 0 amide bonds. The van der Waals surface area contributed by atoms with Crippen molar-refractivity contribution >= 4 is 0 Å². The van der Waals surface area contributed by atoms with E-state index in [-0.39, 0.29) is 0 Å². The Hall–Kier alpha value is -0.160. The SMILES string of the molecule is CN(C)CC1CN(CCCN)CCN1C. The highest BCUT2D eigenvalue weighted by molar-refractivity contribution is 4.81. The monoisotopic (exact) mass is 214 g/mol. The highest BCUT2D eigenvalue weighted by Gasteiger charge is 2.23. The average Bonchev–Trinajstić information content (AvgIpc) is 2.18. The maximum Gasteiger partial charge on any atom is 0.0347 e. The molecule has 4 nitrogen and oxygen atoms in total. The zero-order valence-electron chi connectivity index (χ0n) is 10.4. The molecular weight excluding hydrogens is 188 g/mol. The second kappa shape index (κ2) is 6.43. The van der Waals surface area contributed by atoms with Crippen molar-refractivity contribution in [1.82, 2.24) is 14.7 Å². The summed E-state index contributed by atoms with van der Waals surface area (Å²) in [7, 11) is 6.52. The Morgan fingerprint density at radius 1 is 1.33 bits per heavy atom. The highest BCUT2D eigenvalue weighted by atomic mass is 15.3. The molecule has 0 aromatic rings. The molecule has 0 aliphatic carbocycles. The van der Waals surface area contributed by atoms with Gasteiger partial charge in [-0.3, -0.25) is 4.90 Å². The van der Waals surface area contributed by atoms with Crippen molar-refractivity contribution in [1.29, 1.82) is 0 Å². The van der Waals surface area contributed by atoms with Crippen molar-refractivity contribution in [3.05, 3.63) is 0 Å². The largest absolute Gasteiger partial charge is 0.330 e. The third kappa shape index (κ3) is 4.47. The molecule has 1 saturated heterocycles. The number of nitrogens with zero attached hydrogens (tertiary/aromatic N) is 3. The number of nitrogens with two attached hydrogens (primary N) is 1. The van der Waals surface area contributed by atoms with E-state index in [1.165, 1.54) is 19.6 Å². The van der Waals surface area contributed by atoms with Crippen molar-refractivity contribution < 1.29 is 0 Å². The summed E-state index contributed by atoms with van der Waals surface area (Å²) in [6.07, 6.45) is 1.12. The van der Waals surface area contributed by atoms with E-state index in [1.807, 2.05) is 0 Å². The van der Waals surface area contributed by atoms with E-state index in [9.17, 15) is 0 Å². The lowest BCUT2D eigenvalue weighted by Gasteiger charge is -2.40. The van der Waals surface area contributed by atoms with Crippen molar-refractivity contribution in [2.75, 3.05) is 60.4 Å². The molecule has 1 fully saturated rings. The van der Waals surface area contributed by atoms with Gasteiger partial charge in [0.25, 0.3) is 0 Å². The molecule has 1 heterocycles. The summed E-state index contributed by atoms with van der Waals surface area (Å²) in [6.45, 7) is 6.69. The Morgan fingerprint density at radius 3 is 2.67 bits per heavy atom. The first kappa shape index (κ1) is 12.9. The van der Waals surface area contributed by atoms with Crippen LogP contribution in [-0.4, -0.2) is 81.2 Å². The molecule has 0 radical (unpaired) electrons. The van der Waals surface area contributed by atoms with E-state index in [0.717, 1.165) is 26.1 Å². The summed E-state index contributed by atoms with van der Waals surface area (Å²) in [5.74, 6) is 0. The fraction of sp³-hybridized carbons (Fsp3) is 1.00. The Morgan fingerprint density at radius 2 is 2.07 bits per heavy atom. The minimum Gasteiger partial charge on any atom is -0.330 e. The standard InChI is InChI=1S/C11H26N4/c1-13(2)9-11-10-15(6-4-5-12)8-7-14(11)3/h11H,4-10,12H2,1-3H3. The Balaban J connectivity index is 2.34. The lowest BCUT2D eigenvalue weighted by Crippen LogP contribution is -2.54. The zero-order valence-corrected chi connectivity index (χ0v) is 10.4. The molecule has 0 bridgehead atoms. The molecule has 4 heteroatoms. The maximum atomic E-state index is 5.54. The topological polar surface area (TPSA) is 35.7 Å². The molecular formula is C11H26N4. The van der Waals surface area contributed by atoms with Crippen molar-refractivity contribution in [3.8, 4) is 0 Å². The van der Waals surface area contributed by atoms with Gasteiger partial charge in [0.1, 0.15) is 0 Å². The normalized spacial score (nSPS) is 25.0. The third-order valence-electron chi connectivity index (χ3n) is 3.12. The van der Waals surface area contributed by atoms with Gasteiger partial charge in [-0.2, -0.15) is 0 Å². The zero-order chi connectivity index (χ0) is 11.3. The summed E-state index contributed by atoms with van der Waals surface area (Å²) in [4.78, 5) is 7.29. The van der Waals surface area contributed by atoms with Gasteiger partial charge in [-0.1, -0.05) is 0 Å². The minimum atomic E-state index is 0.673. The summed E-state index contributed by atoms with van der Waals surface area (Å²) in [6, 6.07) is 0.673. The molecule has 2 N–H and O–H groups in total. The van der Waals surface area contributed by atoms with Gasteiger partial charge >= 0.3 is 0 Å². The number of hydrogen-bond donors (Lipinski definition) is 1. The molecule has 1 atom stereocenters. The van der Waals surface area contributed by atoms with Gasteiger partial charge in [0.2, 0.25) is 0 Å². The third-order valence-corrected chi connectivity index (χ3v) is 3.12. The quantitative estimate of drug-likeness (QED) is 0.670. The number of rotatable bonds is 5. The lowest BCUT2D eigenvalue weighted by atomic mass is 10.1. The molecule has 0 spiro atoms. The fourth-order valence-corrected chi connectivity index (χ4v) is 2.15. The van der Waals surface area contributed by atoms with Crippen LogP contribution in [0.15, 0.2) is 0 Å². The van der Waals surface area contributed by atoms with E-state index in [4.69, 9.17) is 5.73 Å². The van der Waals surface area contributed by atoms with E-state index in [1.54, 1.807) is 0 Å². The highest BCUT2D eigenvalue weighted by Crippen LogP contribution is 2.08. The predicted molar refractivity (Wildman–Crippen MR) is 65.1 cm³/mol. The average molecular weight is 214 g/mol. The molecule has 0 aromatic carbocycles. The molecule has 1 aliphatic rings. The second-order valence-corrected chi connectivity index (χ2v) is 4.84. The first-order valence-corrected chi connectivity index (χ1v) is 5.91. The van der Waals surface area contributed by atoms with Crippen LogP contribution in [-0.2, 0) is 0 Å². The summed E-state index contributed by atoms with van der Waals surface area (Å²) < 4.78 is 0. The van der Waals surface area contributed by atoms with Crippen molar-refractivity contribution in [2.24, 2.45) is 5.73 Å². The van der Waals surface area contributed by atoms with Crippen LogP contribution in [0.3, 0.4) is 0 Å². The Labute approximate surface area is 94.0 Å². The molecule has 90 valence electrons. The van der Waals surface area contributed by atoms with Gasteiger partial charge < -0.3 is 15.5 Å². The van der Waals surface area contributed by atoms with Crippen LogP contribution in [0.5, 0.6) is 0 Å². The van der Waals surface area contributed by atoms with Crippen LogP contribution in [0.4, 0.5) is 0 Å². The van der Waals surface area contributed by atoms with Crippen LogP contribution >= 0.6 is 0 Å². The van der Waals surface area contributed by atoms with E-state index < -0.39 is 0 Å². The predicted octanol–water partition coefficient (Wildman–Crippen LogP) is -0.487. The first-order valence-electron chi connectivity index (χ1n) is 5.91. The number of likely N-dealkylation sites (N-methyl/N-ethyl adjacent to an activating group) is 2. The van der Waals surface area contributed by atoms with E-state index in [0.29, 0.717) is 6.04 Å². The number of hydrogen-bond acceptors (Lipinski definition) is 4. The van der Waals surface area contributed by atoms with Gasteiger partial charge in [0, 0.05) is 32.2 Å². The van der Waals surface area contributed by atoms with Gasteiger partial charge in [-0.05, 0) is 40.7 Å². The Kier molecular flexibility index (Phi) is 5.53. The van der Waals surface area contributed by atoms with Crippen LogP contribution in [0.1, 0.15) is 6.42 Å². The van der Waals surface area contributed by atoms with Crippen LogP contribution in [0.2, 0.25) is 0 Å². The molecule has 1 rings (SSSR count). The summed E-state index contributed by atoms with van der Waals surface area (Å²) in [5, 5.41) is 0. The van der Waals surface area contributed by atoms with Crippen LogP contribution in [0, 0.1) is 0 Å². The Bertz CT molecular complexity index is 170. The second-order valence-electron chi connectivity index (χ2n) is 4.84. The van der Waals surface area contributed by atoms with Gasteiger partial charge in [-0.15, -0.1) is 0 Å². The summed E-state index contributed by atoms with van der Waals surface area (Å²) in [5.41, 5.74) is 5.54. The smallest absolute Gasteiger partial charge is 0.0347 e. The number of piperazine rings is 1. The van der Waals surface area contributed by atoms with Gasteiger partial charge in [0.15, 0.2) is 0 Å². The molecule has 1 unspecified atom stereocenters. The van der Waals surface area contributed by atoms with Crippen LogP contribution in [0.25, 0.3) is 0 Å². The van der Waals surface area contributed by atoms with Gasteiger partial charge in [-0.25, -0.2) is 0 Å². The first-order chi connectivity index (χ1) is 7.13.